The van der Waals surface area contributed by atoms with Gasteiger partial charge in [-0.05, 0) is 42.7 Å². The highest BCUT2D eigenvalue weighted by atomic mass is 16.5. The van der Waals surface area contributed by atoms with E-state index in [4.69, 9.17) is 9.47 Å². The van der Waals surface area contributed by atoms with Crippen molar-refractivity contribution in [1.29, 1.82) is 0 Å². The highest BCUT2D eigenvalue weighted by Gasteiger charge is 2.28. The van der Waals surface area contributed by atoms with Crippen molar-refractivity contribution in [3.05, 3.63) is 72.3 Å². The summed E-state index contributed by atoms with van der Waals surface area (Å²) in [6.07, 6.45) is 2.96. The van der Waals surface area contributed by atoms with Gasteiger partial charge in [0.1, 0.15) is 17.8 Å². The topological polar surface area (TPSA) is 80.3 Å². The monoisotopic (exact) mass is 378 g/mol. The molecule has 0 saturated carbocycles. The number of hydrogen-bond donors (Lipinski definition) is 1. The molecule has 0 aliphatic carbocycles. The highest BCUT2D eigenvalue weighted by Crippen LogP contribution is 2.24. The van der Waals surface area contributed by atoms with Crippen LogP contribution in [0, 0.1) is 0 Å². The molecule has 1 aromatic heterocycles. The molecule has 1 amide bonds. The average Bonchev–Trinajstić information content (AvgIpc) is 3.28. The number of rotatable bonds is 6. The number of aromatic nitrogens is 3. The fourth-order valence-electron chi connectivity index (χ4n) is 3.34. The molecule has 2 heterocycles. The van der Waals surface area contributed by atoms with E-state index in [2.05, 4.69) is 15.2 Å². The summed E-state index contributed by atoms with van der Waals surface area (Å²) in [6, 6.07) is 17.6. The summed E-state index contributed by atoms with van der Waals surface area (Å²) in [6.45, 7) is 1.78. The van der Waals surface area contributed by atoms with Crippen LogP contribution in [0.2, 0.25) is 0 Å². The fraction of sp³-hybridized carbons (Fsp3) is 0.286. The summed E-state index contributed by atoms with van der Waals surface area (Å²) in [5.74, 6) is 1.61. The number of nitrogens with one attached hydrogen (secondary N) is 1. The molecule has 1 aliphatic rings. The van der Waals surface area contributed by atoms with E-state index in [1.165, 1.54) is 6.33 Å². The number of ether oxygens (including phenoxy) is 2. The molecule has 0 atom stereocenters. The molecule has 7 nitrogen and oxygen atoms in total. The number of hydrogen-bond acceptors (Lipinski definition) is 5. The molecule has 0 spiro atoms. The van der Waals surface area contributed by atoms with Crippen LogP contribution in [0.4, 0.5) is 0 Å². The summed E-state index contributed by atoms with van der Waals surface area (Å²) >= 11 is 0. The Morgan fingerprint density at radius 3 is 2.64 bits per heavy atom. The predicted molar refractivity (Wildman–Crippen MR) is 103 cm³/mol. The molecule has 4 rings (SSSR count). The minimum atomic E-state index is -0.154. The first kappa shape index (κ1) is 18.2. The van der Waals surface area contributed by atoms with Crippen LogP contribution >= 0.6 is 0 Å². The van der Waals surface area contributed by atoms with Gasteiger partial charge in [-0.1, -0.05) is 30.3 Å². The Morgan fingerprint density at radius 1 is 1.11 bits per heavy atom. The lowest BCUT2D eigenvalue weighted by Gasteiger charge is -2.34. The Morgan fingerprint density at radius 2 is 1.89 bits per heavy atom. The molecule has 28 heavy (non-hydrogen) atoms. The normalized spacial score (nSPS) is 14.6. The van der Waals surface area contributed by atoms with Gasteiger partial charge >= 0.3 is 0 Å². The van der Waals surface area contributed by atoms with Crippen LogP contribution in [-0.2, 0) is 11.3 Å². The van der Waals surface area contributed by atoms with Crippen LogP contribution in [0.5, 0.6) is 11.5 Å². The van der Waals surface area contributed by atoms with Crippen LogP contribution in [0.25, 0.3) is 0 Å². The van der Waals surface area contributed by atoms with Crippen LogP contribution in [-0.4, -0.2) is 45.2 Å². The zero-order valence-electron chi connectivity index (χ0n) is 15.5. The fourth-order valence-corrected chi connectivity index (χ4v) is 3.34. The first-order valence-electron chi connectivity index (χ1n) is 9.35. The molecule has 0 bridgehead atoms. The van der Waals surface area contributed by atoms with E-state index >= 15 is 0 Å². The van der Waals surface area contributed by atoms with E-state index in [1.807, 2.05) is 59.5 Å². The van der Waals surface area contributed by atoms with E-state index in [9.17, 15) is 4.79 Å². The van der Waals surface area contributed by atoms with Crippen molar-refractivity contribution in [2.24, 2.45) is 0 Å². The van der Waals surface area contributed by atoms with Gasteiger partial charge in [-0.3, -0.25) is 9.89 Å². The maximum atomic E-state index is 13.0. The first-order chi connectivity index (χ1) is 13.8. The van der Waals surface area contributed by atoms with E-state index in [-0.39, 0.29) is 17.8 Å². The number of para-hydroxylation sites is 1. The summed E-state index contributed by atoms with van der Waals surface area (Å²) < 4.78 is 11.4. The number of amides is 1. The smallest absolute Gasteiger partial charge is 0.291 e. The number of carbonyl (C=O) groups is 1. The van der Waals surface area contributed by atoms with Gasteiger partial charge in [-0.15, -0.1) is 0 Å². The molecule has 1 N–H and O–H groups in total. The molecule has 2 aromatic carbocycles. The largest absolute Gasteiger partial charge is 0.457 e. The number of benzene rings is 2. The van der Waals surface area contributed by atoms with Gasteiger partial charge in [0, 0.05) is 25.8 Å². The predicted octanol–water partition coefficient (Wildman–Crippen LogP) is 3.42. The molecular formula is C21H22N4O3. The second-order valence-corrected chi connectivity index (χ2v) is 6.67. The summed E-state index contributed by atoms with van der Waals surface area (Å²) in [7, 11) is 0. The third-order valence-electron chi connectivity index (χ3n) is 4.74. The van der Waals surface area contributed by atoms with Gasteiger partial charge in [0.2, 0.25) is 5.82 Å². The van der Waals surface area contributed by atoms with Gasteiger partial charge in [-0.25, -0.2) is 4.98 Å². The zero-order valence-corrected chi connectivity index (χ0v) is 15.5. The number of aromatic amines is 1. The van der Waals surface area contributed by atoms with E-state index in [1.54, 1.807) is 0 Å². The number of H-pyrrole nitrogens is 1. The Labute approximate surface area is 163 Å². The molecule has 1 fully saturated rings. The van der Waals surface area contributed by atoms with Gasteiger partial charge in [0.05, 0.1) is 0 Å². The van der Waals surface area contributed by atoms with Crippen molar-refractivity contribution in [2.45, 2.75) is 25.4 Å². The molecule has 0 unspecified atom stereocenters. The third kappa shape index (κ3) is 4.37. The van der Waals surface area contributed by atoms with Crippen LogP contribution < -0.4 is 4.74 Å². The van der Waals surface area contributed by atoms with Crippen LogP contribution in [0.15, 0.2) is 60.9 Å². The second-order valence-electron chi connectivity index (χ2n) is 6.67. The van der Waals surface area contributed by atoms with Crippen molar-refractivity contribution in [2.75, 3.05) is 13.2 Å². The number of nitrogens with zero attached hydrogens (tertiary/aromatic N) is 3. The van der Waals surface area contributed by atoms with E-state index < -0.39 is 0 Å². The van der Waals surface area contributed by atoms with Crippen molar-refractivity contribution in [3.8, 4) is 11.5 Å². The Hall–Kier alpha value is -3.19. The highest BCUT2D eigenvalue weighted by molar-refractivity contribution is 5.90. The van der Waals surface area contributed by atoms with Gasteiger partial charge in [0.25, 0.3) is 5.91 Å². The van der Waals surface area contributed by atoms with E-state index in [0.29, 0.717) is 19.8 Å². The first-order valence-corrected chi connectivity index (χ1v) is 9.35. The van der Waals surface area contributed by atoms with Gasteiger partial charge in [0.15, 0.2) is 0 Å². The summed E-state index contributed by atoms with van der Waals surface area (Å²) in [4.78, 5) is 18.9. The van der Waals surface area contributed by atoms with Crippen molar-refractivity contribution < 1.29 is 14.3 Å². The third-order valence-corrected chi connectivity index (χ3v) is 4.74. The zero-order chi connectivity index (χ0) is 19.2. The maximum absolute atomic E-state index is 13.0. The van der Waals surface area contributed by atoms with Gasteiger partial charge in [-0.2, -0.15) is 5.10 Å². The average molecular weight is 378 g/mol. The lowest BCUT2D eigenvalue weighted by Crippen LogP contribution is -2.43. The van der Waals surface area contributed by atoms with Crippen LogP contribution in [0.3, 0.4) is 0 Å². The quantitative estimate of drug-likeness (QED) is 0.711. The summed E-state index contributed by atoms with van der Waals surface area (Å²) in [5.41, 5.74) is 0.993. The van der Waals surface area contributed by atoms with Crippen molar-refractivity contribution >= 4 is 5.91 Å². The molecule has 1 aliphatic heterocycles. The molecule has 0 radical (unpaired) electrons. The summed E-state index contributed by atoms with van der Waals surface area (Å²) in [5, 5.41) is 6.49. The Balaban J connectivity index is 1.54. The number of carbonyl (C=O) groups excluding carboxylic acids is 1. The minimum Gasteiger partial charge on any atom is -0.457 e. The lowest BCUT2D eigenvalue weighted by atomic mass is 10.1. The Bertz CT molecular complexity index is 893. The Kier molecular flexibility index (Phi) is 5.63. The lowest BCUT2D eigenvalue weighted by molar-refractivity contribution is 0.0260. The molecule has 7 heteroatoms. The molecule has 1 saturated heterocycles. The second kappa shape index (κ2) is 8.67. The molecule has 3 aromatic rings. The SMILES string of the molecule is O=C(c1ncn[nH]1)N(Cc1cccc(Oc2ccccc2)c1)C1CCOCC1. The van der Waals surface area contributed by atoms with Crippen molar-refractivity contribution in [1.82, 2.24) is 20.1 Å². The maximum Gasteiger partial charge on any atom is 0.291 e. The van der Waals surface area contributed by atoms with Crippen LogP contribution in [0.1, 0.15) is 29.0 Å². The van der Waals surface area contributed by atoms with Crippen molar-refractivity contribution in [3.63, 3.8) is 0 Å². The van der Waals surface area contributed by atoms with E-state index in [0.717, 1.165) is 29.9 Å². The minimum absolute atomic E-state index is 0.102. The standard InChI is InChI=1S/C21H22N4O3/c26-21(20-22-15-23-24-20)25(17-9-11-27-12-10-17)14-16-5-4-8-19(13-16)28-18-6-2-1-3-7-18/h1-8,13,15,17H,9-12,14H2,(H,22,23,24). The molecule has 144 valence electrons. The molecular weight excluding hydrogens is 356 g/mol. The van der Waals surface area contributed by atoms with Gasteiger partial charge < -0.3 is 14.4 Å².